The maximum Gasteiger partial charge on any atom is 0.0724 e. The summed E-state index contributed by atoms with van der Waals surface area (Å²) in [5.74, 6) is 0.500. The summed E-state index contributed by atoms with van der Waals surface area (Å²) in [4.78, 5) is 0. The van der Waals surface area contributed by atoms with Crippen LogP contribution in [0.5, 0.6) is 0 Å². The Hall–Kier alpha value is -0.940. The van der Waals surface area contributed by atoms with Crippen LogP contribution in [0.2, 0.25) is 0 Å². The molecule has 0 amide bonds. The number of hydrogen-bond donors (Lipinski definition) is 3. The summed E-state index contributed by atoms with van der Waals surface area (Å²) in [6.07, 6.45) is 3.73. The van der Waals surface area contributed by atoms with Crippen LogP contribution in [0.3, 0.4) is 0 Å². The molecule has 4 unspecified atom stereocenters. The summed E-state index contributed by atoms with van der Waals surface area (Å²) in [5, 5.41) is 0. The van der Waals surface area contributed by atoms with Crippen LogP contribution >= 0.6 is 0 Å². The predicted octanol–water partition coefficient (Wildman–Crippen LogP) is 1.13. The minimum Gasteiger partial charge on any atom is -0.374 e. The lowest BCUT2D eigenvalue weighted by Crippen LogP contribution is -2.41. The van der Waals surface area contributed by atoms with Crippen LogP contribution in [0.4, 0.5) is 0 Å². The third kappa shape index (κ3) is 2.57. The van der Waals surface area contributed by atoms with Gasteiger partial charge >= 0.3 is 0 Å². The average Bonchev–Trinajstić information content (AvgIpc) is 2.79. The molecular weight excluding hydrogens is 226 g/mol. The smallest absolute Gasteiger partial charge is 0.0724 e. The largest absolute Gasteiger partial charge is 0.374 e. The molecule has 1 heterocycles. The molecule has 1 aromatic rings. The molecule has 1 aliphatic carbocycles. The van der Waals surface area contributed by atoms with Gasteiger partial charge in [0.15, 0.2) is 0 Å². The Balaban J connectivity index is 1.52. The number of ether oxygens (including phenoxy) is 1. The van der Waals surface area contributed by atoms with Crippen LogP contribution in [-0.2, 0) is 11.3 Å². The molecular formula is C14H21N3O. The number of benzene rings is 1. The molecule has 2 fully saturated rings. The summed E-state index contributed by atoms with van der Waals surface area (Å²) in [6.45, 7) is 0.707. The van der Waals surface area contributed by atoms with E-state index in [0.29, 0.717) is 24.7 Å². The van der Waals surface area contributed by atoms with Gasteiger partial charge in [0.1, 0.15) is 0 Å². The lowest BCUT2D eigenvalue weighted by atomic mass is 9.82. The second kappa shape index (κ2) is 5.36. The highest BCUT2D eigenvalue weighted by Gasteiger charge is 2.38. The van der Waals surface area contributed by atoms with Gasteiger partial charge in [0.05, 0.1) is 18.9 Å². The Kier molecular flexibility index (Phi) is 3.61. The molecule has 4 N–H and O–H groups in total. The van der Waals surface area contributed by atoms with E-state index in [9.17, 15) is 0 Å². The maximum absolute atomic E-state index is 6.03. The van der Waals surface area contributed by atoms with E-state index < -0.39 is 0 Å². The van der Waals surface area contributed by atoms with Crippen LogP contribution in [-0.4, -0.2) is 18.3 Å². The maximum atomic E-state index is 6.03. The summed E-state index contributed by atoms with van der Waals surface area (Å²) in [5.41, 5.74) is 13.7. The van der Waals surface area contributed by atoms with Gasteiger partial charge in [-0.15, -0.1) is 0 Å². The highest BCUT2D eigenvalue weighted by Crippen LogP contribution is 2.30. The fraction of sp³-hybridized carbons (Fsp3) is 0.571. The first-order valence-electron chi connectivity index (χ1n) is 6.75. The highest BCUT2D eigenvalue weighted by molar-refractivity contribution is 5.13. The number of nitrogens with two attached hydrogens (primary N) is 1. The normalized spacial score (nSPS) is 35.4. The van der Waals surface area contributed by atoms with Crippen molar-refractivity contribution in [1.82, 2.24) is 10.9 Å². The third-order valence-corrected chi connectivity index (χ3v) is 4.08. The van der Waals surface area contributed by atoms with Crippen molar-refractivity contribution in [2.45, 2.75) is 44.2 Å². The first kappa shape index (κ1) is 12.1. The number of rotatable bonds is 3. The summed E-state index contributed by atoms with van der Waals surface area (Å²) in [6, 6.07) is 10.9. The van der Waals surface area contributed by atoms with Crippen molar-refractivity contribution in [3.8, 4) is 0 Å². The fourth-order valence-corrected chi connectivity index (χ4v) is 2.99. The molecule has 2 aliphatic rings. The van der Waals surface area contributed by atoms with Gasteiger partial charge in [0.2, 0.25) is 0 Å². The monoisotopic (exact) mass is 247 g/mol. The van der Waals surface area contributed by atoms with Crippen molar-refractivity contribution in [2.24, 2.45) is 11.7 Å². The van der Waals surface area contributed by atoms with Crippen molar-refractivity contribution in [3.05, 3.63) is 35.9 Å². The molecule has 1 saturated heterocycles. The van der Waals surface area contributed by atoms with Gasteiger partial charge in [-0.2, -0.15) is 0 Å². The number of nitrogens with one attached hydrogen (secondary N) is 2. The molecule has 0 bridgehead atoms. The van der Waals surface area contributed by atoms with Crippen LogP contribution in [0.25, 0.3) is 0 Å². The van der Waals surface area contributed by atoms with Gasteiger partial charge in [-0.25, -0.2) is 5.43 Å². The van der Waals surface area contributed by atoms with E-state index in [1.807, 2.05) is 6.07 Å². The molecule has 0 aromatic heterocycles. The van der Waals surface area contributed by atoms with E-state index in [2.05, 4.69) is 35.1 Å². The SMILES string of the molecule is NC1NNC2CCC(OCc3ccccc3)CC12. The second-order valence-corrected chi connectivity index (χ2v) is 5.32. The molecule has 1 aromatic carbocycles. The standard InChI is InChI=1S/C14H21N3O/c15-14-12-8-11(6-7-13(12)16-17-14)18-9-10-4-2-1-3-5-10/h1-5,11-14,16-17H,6-9,15H2. The van der Waals surface area contributed by atoms with Crippen molar-refractivity contribution in [1.29, 1.82) is 0 Å². The summed E-state index contributed by atoms with van der Waals surface area (Å²) < 4.78 is 6.01. The lowest BCUT2D eigenvalue weighted by Gasteiger charge is -2.32. The van der Waals surface area contributed by atoms with E-state index in [1.165, 1.54) is 5.56 Å². The average molecular weight is 247 g/mol. The second-order valence-electron chi connectivity index (χ2n) is 5.32. The molecule has 98 valence electrons. The minimum atomic E-state index is 0.0677. The number of fused-ring (bicyclic) bond motifs is 1. The van der Waals surface area contributed by atoms with Crippen molar-refractivity contribution in [2.75, 3.05) is 0 Å². The molecule has 0 radical (unpaired) electrons. The first-order valence-corrected chi connectivity index (χ1v) is 6.75. The zero-order valence-electron chi connectivity index (χ0n) is 10.5. The van der Waals surface area contributed by atoms with E-state index in [1.54, 1.807) is 0 Å². The van der Waals surface area contributed by atoms with Gasteiger partial charge < -0.3 is 10.5 Å². The van der Waals surface area contributed by atoms with Crippen LogP contribution in [0.1, 0.15) is 24.8 Å². The topological polar surface area (TPSA) is 59.3 Å². The van der Waals surface area contributed by atoms with Gasteiger partial charge in [0.25, 0.3) is 0 Å². The zero-order valence-corrected chi connectivity index (χ0v) is 10.5. The lowest BCUT2D eigenvalue weighted by molar-refractivity contribution is -0.00211. The Bertz CT molecular complexity index is 384. The molecule has 0 spiro atoms. The zero-order chi connectivity index (χ0) is 12.4. The van der Waals surface area contributed by atoms with Crippen LogP contribution < -0.4 is 16.6 Å². The quantitative estimate of drug-likeness (QED) is 0.749. The molecule has 1 aliphatic heterocycles. The summed E-state index contributed by atoms with van der Waals surface area (Å²) in [7, 11) is 0. The Morgan fingerprint density at radius 2 is 2.00 bits per heavy atom. The number of hydrazine groups is 1. The van der Waals surface area contributed by atoms with Crippen molar-refractivity contribution < 1.29 is 4.74 Å². The van der Waals surface area contributed by atoms with E-state index in [4.69, 9.17) is 10.5 Å². The van der Waals surface area contributed by atoms with Crippen molar-refractivity contribution in [3.63, 3.8) is 0 Å². The first-order chi connectivity index (χ1) is 8.83. The van der Waals surface area contributed by atoms with Gasteiger partial charge in [-0.3, -0.25) is 5.43 Å². The van der Waals surface area contributed by atoms with Crippen LogP contribution in [0.15, 0.2) is 30.3 Å². The van der Waals surface area contributed by atoms with E-state index >= 15 is 0 Å². The molecule has 1 saturated carbocycles. The Labute approximate surface area is 108 Å². The van der Waals surface area contributed by atoms with E-state index in [0.717, 1.165) is 19.3 Å². The molecule has 4 heteroatoms. The number of hydrogen-bond acceptors (Lipinski definition) is 4. The Morgan fingerprint density at radius 1 is 1.17 bits per heavy atom. The van der Waals surface area contributed by atoms with Gasteiger partial charge in [-0.05, 0) is 24.8 Å². The highest BCUT2D eigenvalue weighted by atomic mass is 16.5. The van der Waals surface area contributed by atoms with Gasteiger partial charge in [0, 0.05) is 12.0 Å². The van der Waals surface area contributed by atoms with Crippen molar-refractivity contribution >= 4 is 0 Å². The third-order valence-electron chi connectivity index (χ3n) is 4.08. The predicted molar refractivity (Wildman–Crippen MR) is 70.4 cm³/mol. The molecule has 3 rings (SSSR count). The molecule has 4 atom stereocenters. The summed E-state index contributed by atoms with van der Waals surface area (Å²) >= 11 is 0. The Morgan fingerprint density at radius 3 is 2.83 bits per heavy atom. The molecule has 4 nitrogen and oxygen atoms in total. The van der Waals surface area contributed by atoms with Crippen LogP contribution in [0, 0.1) is 5.92 Å². The van der Waals surface area contributed by atoms with E-state index in [-0.39, 0.29) is 6.17 Å². The van der Waals surface area contributed by atoms with Gasteiger partial charge in [-0.1, -0.05) is 30.3 Å². The minimum absolute atomic E-state index is 0.0677. The molecule has 18 heavy (non-hydrogen) atoms. The fourth-order valence-electron chi connectivity index (χ4n) is 2.99.